The smallest absolute Gasteiger partial charge is 0.257 e. The molecule has 0 saturated heterocycles. The van der Waals surface area contributed by atoms with E-state index in [0.717, 1.165) is 0 Å². The van der Waals surface area contributed by atoms with Crippen LogP contribution in [0.25, 0.3) is 0 Å². The number of aryl methyl sites for hydroxylation is 1. The number of aromatic nitrogens is 1. The Morgan fingerprint density at radius 1 is 1.39 bits per heavy atom. The molecule has 1 atom stereocenters. The van der Waals surface area contributed by atoms with Crippen molar-refractivity contribution in [3.05, 3.63) is 17.0 Å². The highest BCUT2D eigenvalue weighted by Gasteiger charge is 2.25. The molecular formula is C13H22N2O3. The first-order valence-electron chi connectivity index (χ1n) is 6.26. The summed E-state index contributed by atoms with van der Waals surface area (Å²) in [5, 5.41) is 15.9. The minimum atomic E-state index is -0.258. The third kappa shape index (κ3) is 3.10. The molecule has 0 bridgehead atoms. The van der Waals surface area contributed by atoms with Crippen LogP contribution in [0, 0.1) is 12.8 Å². The van der Waals surface area contributed by atoms with Crippen LogP contribution in [0.4, 0.5) is 0 Å². The minimum Gasteiger partial charge on any atom is -0.394 e. The largest absolute Gasteiger partial charge is 0.394 e. The number of hydrogen-bond acceptors (Lipinski definition) is 4. The lowest BCUT2D eigenvalue weighted by Crippen LogP contribution is -2.41. The maximum Gasteiger partial charge on any atom is 0.257 e. The topological polar surface area (TPSA) is 75.4 Å². The molecule has 1 heterocycles. The monoisotopic (exact) mass is 254 g/mol. The van der Waals surface area contributed by atoms with Crippen molar-refractivity contribution in [3.63, 3.8) is 0 Å². The highest BCUT2D eigenvalue weighted by atomic mass is 16.5. The number of aliphatic hydroxyl groups is 1. The molecule has 18 heavy (non-hydrogen) atoms. The molecule has 0 unspecified atom stereocenters. The number of nitrogens with zero attached hydrogens (tertiary/aromatic N) is 1. The van der Waals surface area contributed by atoms with Crippen molar-refractivity contribution in [2.75, 3.05) is 6.61 Å². The zero-order valence-electron chi connectivity index (χ0n) is 11.7. The molecule has 1 amide bonds. The Morgan fingerprint density at radius 2 is 2.00 bits per heavy atom. The van der Waals surface area contributed by atoms with Crippen molar-refractivity contribution < 1.29 is 14.4 Å². The van der Waals surface area contributed by atoms with E-state index in [1.807, 2.05) is 27.7 Å². The molecule has 0 aliphatic carbocycles. The second-order valence-electron chi connectivity index (χ2n) is 5.17. The normalized spacial score (nSPS) is 13.1. The van der Waals surface area contributed by atoms with Crippen LogP contribution in [0.2, 0.25) is 0 Å². The van der Waals surface area contributed by atoms with Crippen LogP contribution >= 0.6 is 0 Å². The predicted octanol–water partition coefficient (Wildman–Crippen LogP) is 1.85. The first kappa shape index (κ1) is 14.7. The molecule has 0 aliphatic heterocycles. The maximum absolute atomic E-state index is 12.2. The average Bonchev–Trinajstić information content (AvgIpc) is 2.67. The summed E-state index contributed by atoms with van der Waals surface area (Å²) in [6.07, 6.45) is 0. The van der Waals surface area contributed by atoms with Crippen LogP contribution < -0.4 is 5.32 Å². The molecule has 1 aromatic heterocycles. The van der Waals surface area contributed by atoms with Gasteiger partial charge in [-0.2, -0.15) is 0 Å². The molecule has 0 spiro atoms. The first-order valence-corrected chi connectivity index (χ1v) is 6.26. The molecule has 0 aromatic carbocycles. The van der Waals surface area contributed by atoms with Gasteiger partial charge in [-0.25, -0.2) is 0 Å². The van der Waals surface area contributed by atoms with Crippen molar-refractivity contribution in [3.8, 4) is 0 Å². The lowest BCUT2D eigenvalue weighted by atomic mass is 10.0. The number of hydrogen-bond donors (Lipinski definition) is 2. The van der Waals surface area contributed by atoms with Crippen molar-refractivity contribution >= 4 is 5.91 Å². The van der Waals surface area contributed by atoms with E-state index in [1.165, 1.54) is 0 Å². The minimum absolute atomic E-state index is 0.0786. The Labute approximate surface area is 108 Å². The fourth-order valence-electron chi connectivity index (χ4n) is 1.72. The van der Waals surface area contributed by atoms with Crippen LogP contribution in [0.5, 0.6) is 0 Å². The third-order valence-electron chi connectivity index (χ3n) is 2.96. The lowest BCUT2D eigenvalue weighted by molar-refractivity contribution is 0.0893. The van der Waals surface area contributed by atoms with Crippen molar-refractivity contribution in [2.45, 2.75) is 46.6 Å². The van der Waals surface area contributed by atoms with E-state index in [0.29, 0.717) is 17.0 Å². The lowest BCUT2D eigenvalue weighted by Gasteiger charge is -2.20. The van der Waals surface area contributed by atoms with E-state index in [-0.39, 0.29) is 30.4 Å². The third-order valence-corrected chi connectivity index (χ3v) is 2.96. The summed E-state index contributed by atoms with van der Waals surface area (Å²) in [5.74, 6) is 0.621. The highest BCUT2D eigenvalue weighted by Crippen LogP contribution is 2.22. The van der Waals surface area contributed by atoms with Gasteiger partial charge in [-0.15, -0.1) is 0 Å². The van der Waals surface area contributed by atoms with Crippen molar-refractivity contribution in [1.82, 2.24) is 10.5 Å². The van der Waals surface area contributed by atoms with Crippen molar-refractivity contribution in [1.29, 1.82) is 0 Å². The van der Waals surface area contributed by atoms with Gasteiger partial charge < -0.3 is 14.9 Å². The summed E-state index contributed by atoms with van der Waals surface area (Å²) in [5.41, 5.74) is 1.07. The van der Waals surface area contributed by atoms with E-state index in [9.17, 15) is 9.90 Å². The highest BCUT2D eigenvalue weighted by molar-refractivity contribution is 5.96. The summed E-state index contributed by atoms with van der Waals surface area (Å²) in [6.45, 7) is 9.46. The quantitative estimate of drug-likeness (QED) is 0.841. The van der Waals surface area contributed by atoms with E-state index >= 15 is 0 Å². The van der Waals surface area contributed by atoms with Crippen molar-refractivity contribution in [2.24, 2.45) is 5.92 Å². The van der Waals surface area contributed by atoms with Gasteiger partial charge in [0.15, 0.2) is 5.76 Å². The van der Waals surface area contributed by atoms with Gasteiger partial charge in [-0.05, 0) is 12.8 Å². The van der Waals surface area contributed by atoms with Crippen LogP contribution in [-0.4, -0.2) is 28.8 Å². The molecule has 2 N–H and O–H groups in total. The molecule has 0 fully saturated rings. The summed E-state index contributed by atoms with van der Waals surface area (Å²) >= 11 is 0. The van der Waals surface area contributed by atoms with Crippen LogP contribution in [0.3, 0.4) is 0 Å². The van der Waals surface area contributed by atoms with Gasteiger partial charge in [0.25, 0.3) is 5.91 Å². The predicted molar refractivity (Wildman–Crippen MR) is 68.5 cm³/mol. The maximum atomic E-state index is 12.2. The van der Waals surface area contributed by atoms with E-state index in [1.54, 1.807) is 6.92 Å². The molecule has 1 rings (SSSR count). The second kappa shape index (κ2) is 6.00. The zero-order chi connectivity index (χ0) is 13.9. The molecule has 5 nitrogen and oxygen atoms in total. The van der Waals surface area contributed by atoms with Gasteiger partial charge in [0.05, 0.1) is 18.3 Å². The van der Waals surface area contributed by atoms with E-state index in [2.05, 4.69) is 10.5 Å². The summed E-state index contributed by atoms with van der Waals surface area (Å²) in [6, 6.07) is -0.258. The fraction of sp³-hybridized carbons (Fsp3) is 0.692. The number of amides is 1. The Hall–Kier alpha value is -1.36. The van der Waals surface area contributed by atoms with Gasteiger partial charge >= 0.3 is 0 Å². The Bertz CT molecular complexity index is 410. The van der Waals surface area contributed by atoms with E-state index in [4.69, 9.17) is 4.52 Å². The SMILES string of the molecule is Cc1noc(C(C)C)c1C(=O)N[C@H](CO)C(C)C. The summed E-state index contributed by atoms with van der Waals surface area (Å²) in [7, 11) is 0. The number of nitrogens with one attached hydrogen (secondary N) is 1. The Morgan fingerprint density at radius 3 is 2.44 bits per heavy atom. The molecular weight excluding hydrogens is 232 g/mol. The van der Waals surface area contributed by atoms with Gasteiger partial charge in [-0.1, -0.05) is 32.9 Å². The number of aliphatic hydroxyl groups excluding tert-OH is 1. The number of carbonyl (C=O) groups excluding carboxylic acids is 1. The van der Waals surface area contributed by atoms with Gasteiger partial charge in [0.1, 0.15) is 5.56 Å². The summed E-state index contributed by atoms with van der Waals surface area (Å²) in [4.78, 5) is 12.2. The second-order valence-corrected chi connectivity index (χ2v) is 5.17. The molecule has 0 saturated carbocycles. The Kier molecular flexibility index (Phi) is 4.90. The zero-order valence-corrected chi connectivity index (χ0v) is 11.7. The molecule has 102 valence electrons. The van der Waals surface area contributed by atoms with Gasteiger partial charge in [0, 0.05) is 5.92 Å². The number of carbonyl (C=O) groups is 1. The van der Waals surface area contributed by atoms with Gasteiger partial charge in [-0.3, -0.25) is 4.79 Å². The molecule has 0 radical (unpaired) electrons. The fourth-order valence-corrected chi connectivity index (χ4v) is 1.72. The summed E-state index contributed by atoms with van der Waals surface area (Å²) < 4.78 is 5.18. The van der Waals surface area contributed by atoms with E-state index < -0.39 is 0 Å². The number of rotatable bonds is 5. The Balaban J connectivity index is 2.93. The molecule has 0 aliphatic rings. The van der Waals surface area contributed by atoms with Crippen LogP contribution in [0.1, 0.15) is 55.4 Å². The first-order chi connectivity index (χ1) is 8.38. The van der Waals surface area contributed by atoms with Crippen LogP contribution in [-0.2, 0) is 0 Å². The van der Waals surface area contributed by atoms with Crippen LogP contribution in [0.15, 0.2) is 4.52 Å². The molecule has 5 heteroatoms. The van der Waals surface area contributed by atoms with Gasteiger partial charge in [0.2, 0.25) is 0 Å². The standard InChI is InChI=1S/C13H22N2O3/c1-7(2)10(6-16)14-13(17)11-9(5)15-18-12(11)8(3)4/h7-8,10,16H,6H2,1-5H3,(H,14,17)/t10-/m1/s1. The molecule has 1 aromatic rings. The average molecular weight is 254 g/mol.